The monoisotopic (exact) mass is 306 g/mol. The number of thiophene rings is 1. The van der Waals surface area contributed by atoms with Gasteiger partial charge in [0.05, 0.1) is 0 Å². The van der Waals surface area contributed by atoms with Gasteiger partial charge in [0.25, 0.3) is 0 Å². The molecule has 3 heteroatoms. The maximum Gasteiger partial charge on any atom is 0.132 e. The highest BCUT2D eigenvalue weighted by Crippen LogP contribution is 2.35. The summed E-state index contributed by atoms with van der Waals surface area (Å²) in [5, 5.41) is 1.16. The summed E-state index contributed by atoms with van der Waals surface area (Å²) in [5.74, 6) is -0.189. The first kappa shape index (κ1) is 10.9. The van der Waals surface area contributed by atoms with E-state index < -0.39 is 0 Å². The smallest absolute Gasteiger partial charge is 0.132 e. The standard InChI is InChI=1S/C14H8BrFS/c15-10-5-6-11(12(16)8-10)14-7-9-3-1-2-4-13(9)17-14/h1-8H. The molecule has 3 aromatic rings. The Hall–Kier alpha value is -1.19. The maximum absolute atomic E-state index is 13.8. The molecule has 0 bridgehead atoms. The van der Waals surface area contributed by atoms with Gasteiger partial charge in [0, 0.05) is 19.6 Å². The van der Waals surface area contributed by atoms with Crippen molar-refractivity contribution in [1.29, 1.82) is 0 Å². The molecule has 0 spiro atoms. The van der Waals surface area contributed by atoms with Gasteiger partial charge in [-0.2, -0.15) is 0 Å². The molecular formula is C14H8BrFS. The predicted octanol–water partition coefficient (Wildman–Crippen LogP) is 5.47. The highest BCUT2D eigenvalue weighted by Gasteiger charge is 2.08. The van der Waals surface area contributed by atoms with Crippen LogP contribution < -0.4 is 0 Å². The molecule has 0 radical (unpaired) electrons. The minimum Gasteiger partial charge on any atom is -0.206 e. The second kappa shape index (κ2) is 4.24. The van der Waals surface area contributed by atoms with Gasteiger partial charge in [0.1, 0.15) is 5.82 Å². The van der Waals surface area contributed by atoms with Gasteiger partial charge in [-0.25, -0.2) is 4.39 Å². The van der Waals surface area contributed by atoms with Crippen molar-refractivity contribution in [1.82, 2.24) is 0 Å². The Morgan fingerprint density at radius 2 is 1.82 bits per heavy atom. The average molecular weight is 307 g/mol. The molecule has 0 unspecified atom stereocenters. The predicted molar refractivity (Wildman–Crippen MR) is 74.9 cm³/mol. The van der Waals surface area contributed by atoms with Gasteiger partial charge in [-0.1, -0.05) is 34.1 Å². The Kier molecular flexibility index (Phi) is 2.73. The molecule has 0 fully saturated rings. The number of hydrogen-bond acceptors (Lipinski definition) is 1. The zero-order valence-electron chi connectivity index (χ0n) is 8.78. The van der Waals surface area contributed by atoms with Crippen LogP contribution >= 0.6 is 27.3 Å². The first-order valence-electron chi connectivity index (χ1n) is 5.18. The summed E-state index contributed by atoms with van der Waals surface area (Å²) in [6.07, 6.45) is 0. The number of halogens is 2. The molecule has 1 heterocycles. The van der Waals surface area contributed by atoms with Crippen molar-refractivity contribution in [2.75, 3.05) is 0 Å². The van der Waals surface area contributed by atoms with E-state index >= 15 is 0 Å². The zero-order chi connectivity index (χ0) is 11.8. The quantitative estimate of drug-likeness (QED) is 0.559. The lowest BCUT2D eigenvalue weighted by Crippen LogP contribution is -1.80. The highest BCUT2D eigenvalue weighted by atomic mass is 79.9. The van der Waals surface area contributed by atoms with Gasteiger partial charge in [-0.15, -0.1) is 11.3 Å². The minimum absolute atomic E-state index is 0.189. The lowest BCUT2D eigenvalue weighted by molar-refractivity contribution is 0.631. The van der Waals surface area contributed by atoms with Gasteiger partial charge in [0.15, 0.2) is 0 Å². The van der Waals surface area contributed by atoms with E-state index in [1.165, 1.54) is 10.8 Å². The molecule has 1 aromatic heterocycles. The summed E-state index contributed by atoms with van der Waals surface area (Å²) in [7, 11) is 0. The van der Waals surface area contributed by atoms with Crippen LogP contribution in [0.5, 0.6) is 0 Å². The van der Waals surface area contributed by atoms with Gasteiger partial charge in [-0.3, -0.25) is 0 Å². The molecule has 0 nitrogen and oxygen atoms in total. The second-order valence-corrected chi connectivity index (χ2v) is 5.77. The third kappa shape index (κ3) is 2.01. The van der Waals surface area contributed by atoms with Crippen LogP contribution in [-0.4, -0.2) is 0 Å². The van der Waals surface area contributed by atoms with E-state index in [-0.39, 0.29) is 5.82 Å². The second-order valence-electron chi connectivity index (χ2n) is 3.77. The number of rotatable bonds is 1. The lowest BCUT2D eigenvalue weighted by Gasteiger charge is -1.99. The van der Waals surface area contributed by atoms with E-state index in [0.29, 0.717) is 5.56 Å². The largest absolute Gasteiger partial charge is 0.206 e. The molecule has 0 aliphatic carbocycles. The van der Waals surface area contributed by atoms with E-state index in [4.69, 9.17) is 0 Å². The number of benzene rings is 2. The van der Waals surface area contributed by atoms with Crippen molar-refractivity contribution in [2.24, 2.45) is 0 Å². The van der Waals surface area contributed by atoms with E-state index in [0.717, 1.165) is 14.7 Å². The number of hydrogen-bond donors (Lipinski definition) is 0. The van der Waals surface area contributed by atoms with Crippen LogP contribution in [0.1, 0.15) is 0 Å². The molecular weight excluding hydrogens is 299 g/mol. The summed E-state index contributed by atoms with van der Waals surface area (Å²) in [6.45, 7) is 0. The molecule has 0 amide bonds. The van der Waals surface area contributed by atoms with Crippen molar-refractivity contribution < 1.29 is 4.39 Å². The fraction of sp³-hybridized carbons (Fsp3) is 0. The first-order chi connectivity index (χ1) is 8.24. The molecule has 0 aliphatic rings. The van der Waals surface area contributed by atoms with Gasteiger partial charge < -0.3 is 0 Å². The average Bonchev–Trinajstić information content (AvgIpc) is 2.72. The zero-order valence-corrected chi connectivity index (χ0v) is 11.2. The van der Waals surface area contributed by atoms with Crippen LogP contribution in [0.25, 0.3) is 20.5 Å². The van der Waals surface area contributed by atoms with E-state index in [1.807, 2.05) is 36.4 Å². The van der Waals surface area contributed by atoms with Gasteiger partial charge in [-0.05, 0) is 35.7 Å². The normalized spacial score (nSPS) is 10.9. The molecule has 2 aromatic carbocycles. The molecule has 0 aliphatic heterocycles. The van der Waals surface area contributed by atoms with Crippen molar-refractivity contribution in [3.63, 3.8) is 0 Å². The lowest BCUT2D eigenvalue weighted by atomic mass is 10.1. The van der Waals surface area contributed by atoms with Crippen molar-refractivity contribution in [2.45, 2.75) is 0 Å². The summed E-state index contributed by atoms with van der Waals surface area (Å²) in [6, 6.07) is 15.3. The maximum atomic E-state index is 13.8. The first-order valence-corrected chi connectivity index (χ1v) is 6.79. The molecule has 0 atom stereocenters. The van der Waals surface area contributed by atoms with E-state index in [2.05, 4.69) is 22.0 Å². The molecule has 0 saturated heterocycles. The van der Waals surface area contributed by atoms with Crippen molar-refractivity contribution >= 4 is 37.4 Å². The van der Waals surface area contributed by atoms with Crippen LogP contribution in [0.4, 0.5) is 4.39 Å². The van der Waals surface area contributed by atoms with Crippen LogP contribution in [0.3, 0.4) is 0 Å². The van der Waals surface area contributed by atoms with Gasteiger partial charge >= 0.3 is 0 Å². The third-order valence-electron chi connectivity index (χ3n) is 2.62. The Labute approximate surface area is 111 Å². The fourth-order valence-electron chi connectivity index (χ4n) is 1.80. The summed E-state index contributed by atoms with van der Waals surface area (Å²) in [5.41, 5.74) is 0.661. The Bertz CT molecular complexity index is 655. The molecule has 84 valence electrons. The van der Waals surface area contributed by atoms with Crippen LogP contribution in [-0.2, 0) is 0 Å². The van der Waals surface area contributed by atoms with Crippen molar-refractivity contribution in [3.05, 3.63) is 58.8 Å². The fourth-order valence-corrected chi connectivity index (χ4v) is 3.23. The van der Waals surface area contributed by atoms with Crippen molar-refractivity contribution in [3.8, 4) is 10.4 Å². The highest BCUT2D eigenvalue weighted by molar-refractivity contribution is 9.10. The Morgan fingerprint density at radius 3 is 2.59 bits per heavy atom. The summed E-state index contributed by atoms with van der Waals surface area (Å²) < 4.78 is 15.8. The summed E-state index contributed by atoms with van der Waals surface area (Å²) in [4.78, 5) is 0.969. The summed E-state index contributed by atoms with van der Waals surface area (Å²) >= 11 is 4.88. The molecule has 0 saturated carbocycles. The van der Waals surface area contributed by atoms with Crippen LogP contribution in [0.2, 0.25) is 0 Å². The van der Waals surface area contributed by atoms with Crippen LogP contribution in [0.15, 0.2) is 53.0 Å². The third-order valence-corrected chi connectivity index (χ3v) is 4.26. The van der Waals surface area contributed by atoms with Crippen LogP contribution in [0, 0.1) is 5.82 Å². The van der Waals surface area contributed by atoms with Gasteiger partial charge in [0.2, 0.25) is 0 Å². The Morgan fingerprint density at radius 1 is 1.00 bits per heavy atom. The topological polar surface area (TPSA) is 0 Å². The van der Waals surface area contributed by atoms with E-state index in [9.17, 15) is 4.39 Å². The molecule has 17 heavy (non-hydrogen) atoms. The molecule has 3 rings (SSSR count). The Balaban J connectivity index is 2.20. The molecule has 0 N–H and O–H groups in total. The minimum atomic E-state index is -0.189. The number of fused-ring (bicyclic) bond motifs is 1. The van der Waals surface area contributed by atoms with E-state index in [1.54, 1.807) is 11.3 Å². The SMILES string of the molecule is Fc1cc(Br)ccc1-c1cc2ccccc2s1.